The molecule has 6 heteroatoms. The van der Waals surface area contributed by atoms with E-state index in [0.717, 1.165) is 0 Å². The van der Waals surface area contributed by atoms with E-state index in [2.05, 4.69) is 17.1 Å². The van der Waals surface area contributed by atoms with Gasteiger partial charge in [0.05, 0.1) is 25.4 Å². The fourth-order valence-electron chi connectivity index (χ4n) is 2.60. The SMILES string of the molecule is N#C[C@@]12C[C@]1(C#N)C(N)=[NH+]C21OCCO1. The van der Waals surface area contributed by atoms with Crippen LogP contribution in [0.5, 0.6) is 0 Å². The number of hydrogen-bond acceptors (Lipinski definition) is 5. The molecule has 0 unspecified atom stereocenters. The maximum atomic E-state index is 9.24. The number of hydrogen-bond donors (Lipinski definition) is 2. The van der Waals surface area contributed by atoms with Gasteiger partial charge in [0, 0.05) is 6.42 Å². The molecular formula is C9H9N4O2+. The van der Waals surface area contributed by atoms with Crippen molar-refractivity contribution in [2.45, 2.75) is 12.3 Å². The molecule has 2 heterocycles. The summed E-state index contributed by atoms with van der Waals surface area (Å²) in [6, 6.07) is 4.23. The lowest BCUT2D eigenvalue weighted by Gasteiger charge is -2.21. The lowest BCUT2D eigenvalue weighted by molar-refractivity contribution is -0.675. The summed E-state index contributed by atoms with van der Waals surface area (Å²) in [5.74, 6) is -0.907. The van der Waals surface area contributed by atoms with E-state index in [9.17, 15) is 5.26 Å². The van der Waals surface area contributed by atoms with E-state index in [1.165, 1.54) is 0 Å². The number of nitrogens with zero attached hydrogens (tertiary/aromatic N) is 2. The van der Waals surface area contributed by atoms with Crippen LogP contribution in [0.2, 0.25) is 0 Å². The van der Waals surface area contributed by atoms with Crippen molar-refractivity contribution in [2.75, 3.05) is 13.2 Å². The van der Waals surface area contributed by atoms with Crippen LogP contribution in [0.1, 0.15) is 6.42 Å². The first-order valence-corrected chi connectivity index (χ1v) is 4.68. The van der Waals surface area contributed by atoms with E-state index >= 15 is 0 Å². The molecule has 0 aromatic heterocycles. The smallest absolute Gasteiger partial charge is 0.311 e. The summed E-state index contributed by atoms with van der Waals surface area (Å²) in [4.78, 5) is 2.82. The molecule has 0 aromatic rings. The van der Waals surface area contributed by atoms with Gasteiger partial charge in [-0.25, -0.2) is 4.99 Å². The van der Waals surface area contributed by atoms with Crippen LogP contribution < -0.4 is 10.7 Å². The molecule has 0 bridgehead atoms. The number of rotatable bonds is 0. The Balaban J connectivity index is 2.17. The Bertz CT molecular complexity index is 454. The predicted molar refractivity (Wildman–Crippen MR) is 45.5 cm³/mol. The third-order valence-corrected chi connectivity index (χ3v) is 3.53. The molecule has 0 aromatic carbocycles. The molecule has 3 rings (SSSR count). The standard InChI is InChI=1S/C9H8N4O2/c10-4-7-3-8(7,5-11)9(13-6(7)12)14-1-2-15-9/h1-3H2,(H2,12,13)/p+1/t7-,8-/m0/s1. The Morgan fingerprint density at radius 1 is 1.27 bits per heavy atom. The molecule has 6 nitrogen and oxygen atoms in total. The molecule has 0 amide bonds. The Hall–Kier alpha value is -1.63. The highest BCUT2D eigenvalue weighted by Gasteiger charge is 2.91. The second-order valence-corrected chi connectivity index (χ2v) is 4.06. The maximum absolute atomic E-state index is 9.24. The average molecular weight is 205 g/mol. The summed E-state index contributed by atoms with van der Waals surface area (Å²) in [5.41, 5.74) is 3.84. The molecule has 3 aliphatic rings. The molecule has 15 heavy (non-hydrogen) atoms. The van der Waals surface area contributed by atoms with Crippen molar-refractivity contribution in [2.24, 2.45) is 16.6 Å². The van der Waals surface area contributed by atoms with Gasteiger partial charge in [0.2, 0.25) is 0 Å². The van der Waals surface area contributed by atoms with Crippen LogP contribution in [0.3, 0.4) is 0 Å². The van der Waals surface area contributed by atoms with E-state index < -0.39 is 16.7 Å². The van der Waals surface area contributed by atoms with Crippen LogP contribution >= 0.6 is 0 Å². The van der Waals surface area contributed by atoms with Crippen molar-refractivity contribution in [3.63, 3.8) is 0 Å². The molecule has 1 aliphatic carbocycles. The Labute approximate surface area is 85.9 Å². The number of amidine groups is 1. The van der Waals surface area contributed by atoms with E-state index in [0.29, 0.717) is 19.6 Å². The van der Waals surface area contributed by atoms with Gasteiger partial charge in [-0.3, -0.25) is 5.73 Å². The molecule has 0 radical (unpaired) electrons. The largest absolute Gasteiger partial charge is 0.342 e. The van der Waals surface area contributed by atoms with Crippen molar-refractivity contribution in [3.05, 3.63) is 0 Å². The van der Waals surface area contributed by atoms with Crippen molar-refractivity contribution in [3.8, 4) is 12.1 Å². The van der Waals surface area contributed by atoms with Gasteiger partial charge in [-0.15, -0.1) is 0 Å². The Morgan fingerprint density at radius 2 is 1.93 bits per heavy atom. The number of ether oxygens (including phenoxy) is 2. The fraction of sp³-hybridized carbons (Fsp3) is 0.667. The second kappa shape index (κ2) is 2.13. The maximum Gasteiger partial charge on any atom is 0.342 e. The number of fused-ring (bicyclic) bond motifs is 2. The minimum atomic E-state index is -1.19. The molecule has 2 atom stereocenters. The zero-order valence-corrected chi connectivity index (χ0v) is 7.91. The van der Waals surface area contributed by atoms with E-state index in [1.54, 1.807) is 0 Å². The van der Waals surface area contributed by atoms with Crippen LogP contribution in [0.4, 0.5) is 0 Å². The van der Waals surface area contributed by atoms with Gasteiger partial charge >= 0.3 is 5.91 Å². The highest BCUT2D eigenvalue weighted by atomic mass is 16.8. The number of nitrogens with one attached hydrogen (secondary N) is 1. The van der Waals surface area contributed by atoms with E-state index in [4.69, 9.17) is 20.5 Å². The first-order valence-electron chi connectivity index (χ1n) is 4.68. The Morgan fingerprint density at radius 3 is 2.40 bits per heavy atom. The lowest BCUT2D eigenvalue weighted by atomic mass is 9.94. The van der Waals surface area contributed by atoms with E-state index in [-0.39, 0.29) is 5.84 Å². The number of nitriles is 2. The van der Waals surface area contributed by atoms with Gasteiger partial charge < -0.3 is 9.47 Å². The highest BCUT2D eigenvalue weighted by Crippen LogP contribution is 2.69. The third kappa shape index (κ3) is 0.619. The third-order valence-electron chi connectivity index (χ3n) is 3.53. The van der Waals surface area contributed by atoms with Crippen LogP contribution in [-0.4, -0.2) is 25.0 Å². The number of nitrogens with two attached hydrogens (primary N) is 1. The van der Waals surface area contributed by atoms with Gasteiger partial charge in [0.15, 0.2) is 10.8 Å². The van der Waals surface area contributed by atoms with Gasteiger partial charge in [-0.05, 0) is 0 Å². The fourth-order valence-corrected chi connectivity index (χ4v) is 2.60. The molecule has 76 valence electrons. The van der Waals surface area contributed by atoms with Gasteiger partial charge in [-0.2, -0.15) is 10.5 Å². The zero-order chi connectivity index (χ0) is 10.7. The first kappa shape index (κ1) is 8.66. The van der Waals surface area contributed by atoms with E-state index in [1.807, 2.05) is 0 Å². The summed E-state index contributed by atoms with van der Waals surface area (Å²) < 4.78 is 10.9. The first-order chi connectivity index (χ1) is 7.16. The molecular weight excluding hydrogens is 196 g/mol. The van der Waals surface area contributed by atoms with Crippen molar-refractivity contribution in [1.82, 2.24) is 0 Å². The average Bonchev–Trinajstić information content (AvgIpc) is 2.67. The molecule has 1 saturated carbocycles. The highest BCUT2D eigenvalue weighted by molar-refractivity contribution is 5.92. The van der Waals surface area contributed by atoms with Gasteiger partial charge in [0.1, 0.15) is 0 Å². The van der Waals surface area contributed by atoms with Crippen LogP contribution in [0.15, 0.2) is 0 Å². The van der Waals surface area contributed by atoms with Crippen molar-refractivity contribution >= 4 is 5.84 Å². The van der Waals surface area contributed by atoms with Crippen molar-refractivity contribution < 1.29 is 14.5 Å². The summed E-state index contributed by atoms with van der Waals surface area (Å²) in [5, 5.41) is 18.4. The van der Waals surface area contributed by atoms with Crippen LogP contribution in [-0.2, 0) is 9.47 Å². The quantitative estimate of drug-likeness (QED) is 0.457. The normalized spacial score (nSPS) is 44.3. The van der Waals surface area contributed by atoms with Gasteiger partial charge in [0.25, 0.3) is 5.84 Å². The molecule has 1 saturated heterocycles. The van der Waals surface area contributed by atoms with Crippen LogP contribution in [0, 0.1) is 33.5 Å². The van der Waals surface area contributed by atoms with Crippen molar-refractivity contribution in [1.29, 1.82) is 10.5 Å². The second-order valence-electron chi connectivity index (χ2n) is 4.06. The molecule has 2 fully saturated rings. The minimum Gasteiger partial charge on any atom is -0.311 e. The molecule has 3 N–H and O–H groups in total. The lowest BCUT2D eigenvalue weighted by Crippen LogP contribution is -2.89. The molecule has 1 spiro atoms. The van der Waals surface area contributed by atoms with Gasteiger partial charge in [-0.1, -0.05) is 0 Å². The van der Waals surface area contributed by atoms with Crippen LogP contribution in [0.25, 0.3) is 0 Å². The topological polar surface area (TPSA) is 106 Å². The Kier molecular flexibility index (Phi) is 1.23. The summed E-state index contributed by atoms with van der Waals surface area (Å²) in [7, 11) is 0. The minimum absolute atomic E-state index is 0.286. The predicted octanol–water partition coefficient (Wildman–Crippen LogP) is -2.44. The monoisotopic (exact) mass is 205 g/mol. The summed E-state index contributed by atoms with van der Waals surface area (Å²) in [6.07, 6.45) is 0.381. The molecule has 2 aliphatic heterocycles. The summed E-state index contributed by atoms with van der Waals surface area (Å²) >= 11 is 0. The zero-order valence-electron chi connectivity index (χ0n) is 7.91. The summed E-state index contributed by atoms with van der Waals surface area (Å²) in [6.45, 7) is 0.816.